The molecule has 2 heterocycles. The van der Waals surface area contributed by atoms with Gasteiger partial charge in [-0.25, -0.2) is 0 Å². The van der Waals surface area contributed by atoms with E-state index in [4.69, 9.17) is 0 Å². The van der Waals surface area contributed by atoms with Gasteiger partial charge in [0.05, 0.1) is 11.3 Å². The van der Waals surface area contributed by atoms with Gasteiger partial charge in [-0.15, -0.1) is 12.4 Å². The van der Waals surface area contributed by atoms with Crippen molar-refractivity contribution in [2.75, 3.05) is 19.6 Å². The molecular formula is C12H21ClN4O. The minimum atomic E-state index is 0. The van der Waals surface area contributed by atoms with Crippen LogP contribution in [0.25, 0.3) is 0 Å². The summed E-state index contributed by atoms with van der Waals surface area (Å²) in [6, 6.07) is 0.246. The third-order valence-corrected chi connectivity index (χ3v) is 3.49. The highest BCUT2D eigenvalue weighted by atomic mass is 35.5. The number of nitrogens with one attached hydrogen (secondary N) is 1. The summed E-state index contributed by atoms with van der Waals surface area (Å²) in [7, 11) is 1.88. The van der Waals surface area contributed by atoms with Crippen molar-refractivity contribution in [2.24, 2.45) is 7.05 Å². The maximum Gasteiger partial charge on any atom is 0.257 e. The summed E-state index contributed by atoms with van der Waals surface area (Å²) in [5, 5.41) is 7.60. The lowest BCUT2D eigenvalue weighted by Gasteiger charge is -2.34. The monoisotopic (exact) mass is 272 g/mol. The smallest absolute Gasteiger partial charge is 0.257 e. The van der Waals surface area contributed by atoms with Gasteiger partial charge in [0.2, 0.25) is 0 Å². The molecule has 1 aliphatic heterocycles. The number of aromatic nitrogens is 2. The van der Waals surface area contributed by atoms with Crippen LogP contribution in [0.4, 0.5) is 0 Å². The van der Waals surface area contributed by atoms with Crippen LogP contribution in [0.15, 0.2) is 0 Å². The van der Waals surface area contributed by atoms with Crippen molar-refractivity contribution in [3.8, 4) is 0 Å². The highest BCUT2D eigenvalue weighted by molar-refractivity contribution is 5.96. The van der Waals surface area contributed by atoms with Crippen LogP contribution in [0.1, 0.15) is 28.7 Å². The Kier molecular flexibility index (Phi) is 4.76. The van der Waals surface area contributed by atoms with E-state index in [1.54, 1.807) is 4.68 Å². The third-order valence-electron chi connectivity index (χ3n) is 3.49. The van der Waals surface area contributed by atoms with E-state index in [1.165, 1.54) is 0 Å². The Hall–Kier alpha value is -1.07. The fraction of sp³-hybridized carbons (Fsp3) is 0.667. The van der Waals surface area contributed by atoms with E-state index in [1.807, 2.05) is 25.8 Å². The Morgan fingerprint density at radius 2 is 2.11 bits per heavy atom. The lowest BCUT2D eigenvalue weighted by molar-refractivity contribution is 0.0654. The van der Waals surface area contributed by atoms with Gasteiger partial charge in [0, 0.05) is 38.4 Å². The molecule has 2 rings (SSSR count). The van der Waals surface area contributed by atoms with E-state index in [0.717, 1.165) is 36.6 Å². The summed E-state index contributed by atoms with van der Waals surface area (Å²) in [6.07, 6.45) is 0. The number of hydrogen-bond donors (Lipinski definition) is 1. The zero-order valence-corrected chi connectivity index (χ0v) is 12.2. The number of hydrogen-bond acceptors (Lipinski definition) is 3. The van der Waals surface area contributed by atoms with Crippen molar-refractivity contribution in [1.82, 2.24) is 20.0 Å². The minimum absolute atomic E-state index is 0. The van der Waals surface area contributed by atoms with Gasteiger partial charge in [-0.3, -0.25) is 9.48 Å². The normalized spacial score (nSPS) is 19.6. The number of rotatable bonds is 1. The van der Waals surface area contributed by atoms with Gasteiger partial charge >= 0.3 is 0 Å². The molecule has 0 aromatic carbocycles. The number of nitrogens with zero attached hydrogens (tertiary/aromatic N) is 3. The molecule has 0 radical (unpaired) electrons. The Labute approximate surface area is 114 Å². The molecule has 0 saturated carbocycles. The van der Waals surface area contributed by atoms with Gasteiger partial charge in [-0.2, -0.15) is 5.10 Å². The Morgan fingerprint density at radius 3 is 2.61 bits per heavy atom. The minimum Gasteiger partial charge on any atom is -0.333 e. The molecule has 1 unspecified atom stereocenters. The summed E-state index contributed by atoms with van der Waals surface area (Å²) in [5.41, 5.74) is 2.53. The van der Waals surface area contributed by atoms with Crippen LogP contribution in [0.5, 0.6) is 0 Å². The second-order valence-corrected chi connectivity index (χ2v) is 4.72. The largest absolute Gasteiger partial charge is 0.333 e. The topological polar surface area (TPSA) is 50.2 Å². The molecule has 1 saturated heterocycles. The van der Waals surface area contributed by atoms with E-state index < -0.39 is 0 Å². The zero-order chi connectivity index (χ0) is 12.6. The number of halogens is 1. The van der Waals surface area contributed by atoms with Crippen molar-refractivity contribution in [3.05, 3.63) is 17.0 Å². The molecule has 0 aliphatic carbocycles. The van der Waals surface area contributed by atoms with E-state index >= 15 is 0 Å². The van der Waals surface area contributed by atoms with E-state index in [-0.39, 0.29) is 24.4 Å². The lowest BCUT2D eigenvalue weighted by atomic mass is 10.1. The van der Waals surface area contributed by atoms with Crippen molar-refractivity contribution in [3.63, 3.8) is 0 Å². The molecule has 1 aromatic heterocycles. The molecule has 1 atom stereocenters. The van der Waals surface area contributed by atoms with Gasteiger partial charge in [0.15, 0.2) is 0 Å². The molecule has 1 aliphatic rings. The summed E-state index contributed by atoms with van der Waals surface area (Å²) in [4.78, 5) is 14.4. The Morgan fingerprint density at radius 1 is 1.44 bits per heavy atom. The predicted molar refractivity (Wildman–Crippen MR) is 73.3 cm³/mol. The second kappa shape index (κ2) is 5.71. The summed E-state index contributed by atoms with van der Waals surface area (Å²) < 4.78 is 1.77. The van der Waals surface area contributed by atoms with E-state index in [9.17, 15) is 4.79 Å². The van der Waals surface area contributed by atoms with Crippen molar-refractivity contribution >= 4 is 18.3 Å². The van der Waals surface area contributed by atoms with Crippen molar-refractivity contribution < 1.29 is 4.79 Å². The maximum atomic E-state index is 12.5. The highest BCUT2D eigenvalue weighted by Crippen LogP contribution is 2.17. The van der Waals surface area contributed by atoms with Crippen LogP contribution in [0.3, 0.4) is 0 Å². The molecule has 1 aromatic rings. The number of carbonyl (C=O) groups is 1. The van der Waals surface area contributed by atoms with Gasteiger partial charge in [0.1, 0.15) is 0 Å². The standard InChI is InChI=1S/C12H20N4O.ClH/c1-8-7-13-5-6-16(8)12(17)11-9(2)14-15(4)10(11)3;/h8,13H,5-7H2,1-4H3;1H. The number of piperazine rings is 1. The molecular weight excluding hydrogens is 252 g/mol. The first kappa shape index (κ1) is 15.0. The van der Waals surface area contributed by atoms with E-state index in [0.29, 0.717) is 0 Å². The zero-order valence-electron chi connectivity index (χ0n) is 11.4. The van der Waals surface area contributed by atoms with Gasteiger partial charge in [0.25, 0.3) is 5.91 Å². The van der Waals surface area contributed by atoms with Crippen LogP contribution in [-0.4, -0.2) is 46.3 Å². The predicted octanol–water partition coefficient (Wildman–Crippen LogP) is 0.893. The molecule has 1 N–H and O–H groups in total. The van der Waals surface area contributed by atoms with Crippen LogP contribution in [0, 0.1) is 13.8 Å². The van der Waals surface area contributed by atoms with Gasteiger partial charge in [-0.1, -0.05) is 0 Å². The van der Waals surface area contributed by atoms with Crippen molar-refractivity contribution in [1.29, 1.82) is 0 Å². The summed E-state index contributed by atoms with van der Waals surface area (Å²) in [5.74, 6) is 0.113. The van der Waals surface area contributed by atoms with E-state index in [2.05, 4.69) is 17.3 Å². The summed E-state index contributed by atoms with van der Waals surface area (Å²) in [6.45, 7) is 8.42. The SMILES string of the molecule is Cc1nn(C)c(C)c1C(=O)N1CCNCC1C.Cl. The molecule has 5 nitrogen and oxygen atoms in total. The Balaban J connectivity index is 0.00000162. The molecule has 18 heavy (non-hydrogen) atoms. The van der Waals surface area contributed by atoms with Crippen LogP contribution >= 0.6 is 12.4 Å². The van der Waals surface area contributed by atoms with Gasteiger partial charge in [-0.05, 0) is 20.8 Å². The lowest BCUT2D eigenvalue weighted by Crippen LogP contribution is -2.52. The van der Waals surface area contributed by atoms with Crippen molar-refractivity contribution in [2.45, 2.75) is 26.8 Å². The molecule has 6 heteroatoms. The van der Waals surface area contributed by atoms with Crippen LogP contribution < -0.4 is 5.32 Å². The average Bonchev–Trinajstić information content (AvgIpc) is 2.53. The maximum absolute atomic E-state index is 12.5. The fourth-order valence-corrected chi connectivity index (χ4v) is 2.37. The molecule has 1 amide bonds. The fourth-order valence-electron chi connectivity index (χ4n) is 2.37. The average molecular weight is 273 g/mol. The van der Waals surface area contributed by atoms with Gasteiger partial charge < -0.3 is 10.2 Å². The van der Waals surface area contributed by atoms with Crippen LogP contribution in [-0.2, 0) is 7.05 Å². The Bertz CT molecular complexity index is 444. The van der Waals surface area contributed by atoms with Crippen LogP contribution in [0.2, 0.25) is 0 Å². The summed E-state index contributed by atoms with van der Waals surface area (Å²) >= 11 is 0. The quantitative estimate of drug-likeness (QED) is 0.826. The number of amides is 1. The second-order valence-electron chi connectivity index (χ2n) is 4.72. The first-order valence-electron chi connectivity index (χ1n) is 6.04. The first-order chi connectivity index (χ1) is 8.02. The number of carbonyl (C=O) groups excluding carboxylic acids is 1. The first-order valence-corrected chi connectivity index (χ1v) is 6.04. The third kappa shape index (κ3) is 2.52. The molecule has 0 spiro atoms. The number of aryl methyl sites for hydroxylation is 2. The molecule has 1 fully saturated rings. The highest BCUT2D eigenvalue weighted by Gasteiger charge is 2.27. The molecule has 0 bridgehead atoms. The molecule has 102 valence electrons.